The van der Waals surface area contributed by atoms with Crippen LogP contribution in [0.3, 0.4) is 0 Å². The highest BCUT2D eigenvalue weighted by molar-refractivity contribution is 6.36. The molecule has 0 N–H and O–H groups in total. The van der Waals surface area contributed by atoms with Gasteiger partial charge in [-0.05, 0) is 42.5 Å². The number of carbonyl (C=O) groups is 2. The molecule has 0 bridgehead atoms. The quantitative estimate of drug-likeness (QED) is 0.442. The SMILES string of the molecule is O=C(Oc1ccccc1C(=O)Oc1ccccc1)c1ccc(Cl)cc1Cl. The van der Waals surface area contributed by atoms with Gasteiger partial charge in [-0.15, -0.1) is 0 Å². The Morgan fingerprint density at radius 3 is 2.08 bits per heavy atom. The molecule has 26 heavy (non-hydrogen) atoms. The third-order valence-electron chi connectivity index (χ3n) is 3.41. The summed E-state index contributed by atoms with van der Waals surface area (Å²) in [5.41, 5.74) is 0.261. The molecule has 0 saturated heterocycles. The molecule has 6 heteroatoms. The zero-order valence-electron chi connectivity index (χ0n) is 13.3. The number of hydrogen-bond acceptors (Lipinski definition) is 4. The average Bonchev–Trinajstić information content (AvgIpc) is 2.62. The molecule has 0 saturated carbocycles. The molecule has 0 unspecified atom stereocenters. The molecule has 4 nitrogen and oxygen atoms in total. The van der Waals surface area contributed by atoms with Crippen molar-refractivity contribution in [3.63, 3.8) is 0 Å². The van der Waals surface area contributed by atoms with E-state index in [-0.39, 0.29) is 21.9 Å². The van der Waals surface area contributed by atoms with Crippen LogP contribution >= 0.6 is 23.2 Å². The van der Waals surface area contributed by atoms with Crippen LogP contribution in [-0.4, -0.2) is 11.9 Å². The molecule has 3 aromatic carbocycles. The van der Waals surface area contributed by atoms with Crippen LogP contribution in [0.25, 0.3) is 0 Å². The van der Waals surface area contributed by atoms with Gasteiger partial charge in [0.05, 0.1) is 10.6 Å². The number of benzene rings is 3. The lowest BCUT2D eigenvalue weighted by Gasteiger charge is -2.10. The van der Waals surface area contributed by atoms with E-state index >= 15 is 0 Å². The van der Waals surface area contributed by atoms with E-state index < -0.39 is 11.9 Å². The van der Waals surface area contributed by atoms with Gasteiger partial charge in [0.25, 0.3) is 0 Å². The fraction of sp³-hybridized carbons (Fsp3) is 0. The van der Waals surface area contributed by atoms with Crippen molar-refractivity contribution in [3.8, 4) is 11.5 Å². The van der Waals surface area contributed by atoms with Crippen molar-refractivity contribution in [1.29, 1.82) is 0 Å². The van der Waals surface area contributed by atoms with E-state index in [1.54, 1.807) is 36.4 Å². The zero-order valence-corrected chi connectivity index (χ0v) is 14.8. The molecule has 130 valence electrons. The molecule has 0 aliphatic heterocycles. The van der Waals surface area contributed by atoms with Crippen molar-refractivity contribution >= 4 is 35.1 Å². The number of halogens is 2. The second-order valence-corrected chi connectivity index (χ2v) is 6.06. The Balaban J connectivity index is 1.83. The van der Waals surface area contributed by atoms with E-state index in [4.69, 9.17) is 32.7 Å². The summed E-state index contributed by atoms with van der Waals surface area (Å²) in [5, 5.41) is 0.560. The molecule has 0 aliphatic carbocycles. The van der Waals surface area contributed by atoms with Crippen molar-refractivity contribution in [3.05, 3.63) is 94.0 Å². The van der Waals surface area contributed by atoms with Crippen LogP contribution in [0.2, 0.25) is 10.0 Å². The molecule has 0 heterocycles. The summed E-state index contributed by atoms with van der Waals surface area (Å²) in [6.45, 7) is 0. The monoisotopic (exact) mass is 386 g/mol. The molecule has 0 fully saturated rings. The molecule has 0 aliphatic rings. The number of rotatable bonds is 4. The first kappa shape index (κ1) is 18.0. The van der Waals surface area contributed by atoms with E-state index in [0.29, 0.717) is 10.8 Å². The van der Waals surface area contributed by atoms with Crippen LogP contribution in [0.1, 0.15) is 20.7 Å². The summed E-state index contributed by atoms with van der Waals surface area (Å²) < 4.78 is 10.6. The fourth-order valence-electron chi connectivity index (χ4n) is 2.18. The van der Waals surface area contributed by atoms with Crippen molar-refractivity contribution in [2.24, 2.45) is 0 Å². The Labute approximate surface area is 159 Å². The summed E-state index contributed by atoms with van der Waals surface area (Å²) in [6, 6.07) is 19.3. The molecule has 0 radical (unpaired) electrons. The number of carbonyl (C=O) groups excluding carboxylic acids is 2. The van der Waals surface area contributed by atoms with Gasteiger partial charge in [-0.25, -0.2) is 9.59 Å². The van der Waals surface area contributed by atoms with Crippen molar-refractivity contribution in [2.75, 3.05) is 0 Å². The van der Waals surface area contributed by atoms with Crippen molar-refractivity contribution in [2.45, 2.75) is 0 Å². The topological polar surface area (TPSA) is 52.6 Å². The van der Waals surface area contributed by atoms with E-state index in [9.17, 15) is 9.59 Å². The van der Waals surface area contributed by atoms with Gasteiger partial charge < -0.3 is 9.47 Å². The Kier molecular flexibility index (Phi) is 5.56. The maximum absolute atomic E-state index is 12.4. The van der Waals surface area contributed by atoms with Gasteiger partial charge in [-0.1, -0.05) is 53.5 Å². The van der Waals surface area contributed by atoms with Crippen LogP contribution in [0.15, 0.2) is 72.8 Å². The molecule has 0 amide bonds. The third-order valence-corrected chi connectivity index (χ3v) is 3.96. The minimum absolute atomic E-state index is 0.0736. The van der Waals surface area contributed by atoms with Gasteiger partial charge in [0.1, 0.15) is 17.1 Å². The van der Waals surface area contributed by atoms with Crippen LogP contribution in [-0.2, 0) is 0 Å². The second kappa shape index (κ2) is 8.04. The predicted molar refractivity (Wildman–Crippen MR) is 99.3 cm³/mol. The molecule has 0 aromatic heterocycles. The maximum Gasteiger partial charge on any atom is 0.347 e. The summed E-state index contributed by atoms with van der Waals surface area (Å²) >= 11 is 11.9. The normalized spacial score (nSPS) is 10.2. The number of hydrogen-bond donors (Lipinski definition) is 0. The van der Waals surface area contributed by atoms with E-state index in [1.165, 1.54) is 30.3 Å². The minimum atomic E-state index is -0.702. The Morgan fingerprint density at radius 2 is 1.35 bits per heavy atom. The first-order chi connectivity index (χ1) is 12.5. The maximum atomic E-state index is 12.4. The van der Waals surface area contributed by atoms with Crippen LogP contribution in [0.5, 0.6) is 11.5 Å². The summed E-state index contributed by atoms with van der Waals surface area (Å²) in [5.74, 6) is -0.878. The Hall–Kier alpha value is -2.82. The van der Waals surface area contributed by atoms with Gasteiger partial charge in [-0.2, -0.15) is 0 Å². The van der Waals surface area contributed by atoms with Crippen molar-refractivity contribution < 1.29 is 19.1 Å². The first-order valence-electron chi connectivity index (χ1n) is 7.58. The average molecular weight is 387 g/mol. The highest BCUT2D eigenvalue weighted by atomic mass is 35.5. The number of ether oxygens (including phenoxy) is 2. The van der Waals surface area contributed by atoms with Crippen LogP contribution < -0.4 is 9.47 Å². The van der Waals surface area contributed by atoms with Gasteiger partial charge in [0, 0.05) is 5.02 Å². The molecule has 3 rings (SSSR count). The van der Waals surface area contributed by atoms with Gasteiger partial charge >= 0.3 is 11.9 Å². The largest absolute Gasteiger partial charge is 0.423 e. The first-order valence-corrected chi connectivity index (χ1v) is 8.33. The number of para-hydroxylation sites is 2. The van der Waals surface area contributed by atoms with Crippen LogP contribution in [0, 0.1) is 0 Å². The summed E-state index contributed by atoms with van der Waals surface area (Å²) in [7, 11) is 0. The third kappa shape index (κ3) is 4.23. The zero-order chi connectivity index (χ0) is 18.5. The summed E-state index contributed by atoms with van der Waals surface area (Å²) in [4.78, 5) is 24.8. The van der Waals surface area contributed by atoms with Crippen LogP contribution in [0.4, 0.5) is 0 Å². The summed E-state index contributed by atoms with van der Waals surface area (Å²) in [6.07, 6.45) is 0. The lowest BCUT2D eigenvalue weighted by atomic mass is 10.2. The van der Waals surface area contributed by atoms with E-state index in [0.717, 1.165) is 0 Å². The lowest BCUT2D eigenvalue weighted by Crippen LogP contribution is -2.14. The van der Waals surface area contributed by atoms with E-state index in [1.807, 2.05) is 6.07 Å². The van der Waals surface area contributed by atoms with Gasteiger partial charge in [0.15, 0.2) is 0 Å². The molecular formula is C20H12Cl2O4. The molecular weight excluding hydrogens is 375 g/mol. The minimum Gasteiger partial charge on any atom is -0.423 e. The molecule has 0 spiro atoms. The fourth-order valence-corrected chi connectivity index (χ4v) is 2.67. The smallest absolute Gasteiger partial charge is 0.347 e. The standard InChI is InChI=1S/C20H12Cl2O4/c21-13-10-11-15(17(22)12-13)19(23)26-18-9-5-4-8-16(18)20(24)25-14-6-2-1-3-7-14/h1-12H. The Morgan fingerprint density at radius 1 is 0.692 bits per heavy atom. The highest BCUT2D eigenvalue weighted by Gasteiger charge is 2.19. The predicted octanol–water partition coefficient (Wildman–Crippen LogP) is 5.43. The van der Waals surface area contributed by atoms with Crippen molar-refractivity contribution in [1.82, 2.24) is 0 Å². The Bertz CT molecular complexity index is 955. The van der Waals surface area contributed by atoms with Gasteiger partial charge in [-0.3, -0.25) is 0 Å². The highest BCUT2D eigenvalue weighted by Crippen LogP contribution is 2.25. The number of esters is 2. The molecule has 3 aromatic rings. The lowest BCUT2D eigenvalue weighted by molar-refractivity contribution is 0.0707. The van der Waals surface area contributed by atoms with E-state index in [2.05, 4.69) is 0 Å². The second-order valence-electron chi connectivity index (χ2n) is 5.21. The van der Waals surface area contributed by atoms with Gasteiger partial charge in [0.2, 0.25) is 0 Å². The molecule has 0 atom stereocenters.